The molecule has 0 radical (unpaired) electrons. The third-order valence-electron chi connectivity index (χ3n) is 2.23. The quantitative estimate of drug-likeness (QED) is 0.320. The number of hydrogen-bond donors (Lipinski definition) is 1. The van der Waals surface area contributed by atoms with Crippen molar-refractivity contribution in [3.63, 3.8) is 0 Å². The van der Waals surface area contributed by atoms with Gasteiger partial charge in [0, 0.05) is 24.8 Å². The minimum Gasteiger partial charge on any atom is -0.228 e. The van der Waals surface area contributed by atoms with E-state index < -0.39 is 0 Å². The standard InChI is InChI=1S/C12H24ClN2.CH3Cl/c1-5-9-15(10-6-2)11-7-8-12(3,4)14-13;1-2/h5,9-10,14H,6-8,11H2,1-4H3;1H3/q+1;/b9-5-,15-10?;. The van der Waals surface area contributed by atoms with E-state index in [0.717, 1.165) is 25.8 Å². The Balaban J connectivity index is 0. The molecule has 0 rings (SSSR count). The van der Waals surface area contributed by atoms with Crippen LogP contribution in [-0.4, -0.2) is 29.3 Å². The molecule has 0 heterocycles. The first-order valence-electron chi connectivity index (χ1n) is 6.03. The third-order valence-corrected chi connectivity index (χ3v) is 2.74. The molecule has 2 nitrogen and oxygen atoms in total. The lowest BCUT2D eigenvalue weighted by Gasteiger charge is -2.20. The Labute approximate surface area is 117 Å². The number of allylic oxidation sites excluding steroid dienone is 1. The van der Waals surface area contributed by atoms with Crippen molar-refractivity contribution in [3.05, 3.63) is 12.3 Å². The van der Waals surface area contributed by atoms with E-state index in [1.807, 2.05) is 6.92 Å². The lowest BCUT2D eigenvalue weighted by atomic mass is 10.0. The first kappa shape index (κ1) is 19.3. The summed E-state index contributed by atoms with van der Waals surface area (Å²) >= 11 is 10.3. The van der Waals surface area contributed by atoms with Gasteiger partial charge in [0.1, 0.15) is 12.8 Å². The van der Waals surface area contributed by atoms with E-state index in [9.17, 15) is 0 Å². The molecule has 0 amide bonds. The highest BCUT2D eigenvalue weighted by Crippen LogP contribution is 2.11. The van der Waals surface area contributed by atoms with E-state index in [-0.39, 0.29) is 5.54 Å². The van der Waals surface area contributed by atoms with Crippen LogP contribution in [-0.2, 0) is 0 Å². The summed E-state index contributed by atoms with van der Waals surface area (Å²) in [7, 11) is 0. The monoisotopic (exact) mass is 281 g/mol. The summed E-state index contributed by atoms with van der Waals surface area (Å²) in [6.07, 6.45) is 11.1. The average Bonchev–Trinajstić information content (AvgIpc) is 2.32. The van der Waals surface area contributed by atoms with Crippen LogP contribution in [0, 0.1) is 0 Å². The van der Waals surface area contributed by atoms with Crippen LogP contribution in [0.25, 0.3) is 0 Å². The molecule has 4 heteroatoms. The van der Waals surface area contributed by atoms with Crippen LogP contribution in [0.1, 0.15) is 47.0 Å². The number of rotatable bonds is 7. The van der Waals surface area contributed by atoms with Gasteiger partial charge in [-0.1, -0.05) is 6.92 Å². The van der Waals surface area contributed by atoms with Crippen LogP contribution < -0.4 is 4.84 Å². The largest absolute Gasteiger partial charge is 0.228 e. The zero-order valence-corrected chi connectivity index (χ0v) is 13.3. The molecule has 0 spiro atoms. The summed E-state index contributed by atoms with van der Waals surface area (Å²) in [6, 6.07) is 0. The Morgan fingerprint density at radius 1 is 1.29 bits per heavy atom. The topological polar surface area (TPSA) is 15.0 Å². The van der Waals surface area contributed by atoms with Crippen LogP contribution in [0.15, 0.2) is 12.3 Å². The molecule has 0 aliphatic heterocycles. The van der Waals surface area contributed by atoms with Gasteiger partial charge in [0.05, 0.1) is 0 Å². The molecular formula is C13H27Cl2N2+. The van der Waals surface area contributed by atoms with Gasteiger partial charge < -0.3 is 0 Å². The van der Waals surface area contributed by atoms with Gasteiger partial charge in [0.2, 0.25) is 0 Å². The molecule has 0 atom stereocenters. The highest BCUT2D eigenvalue weighted by atomic mass is 35.5. The van der Waals surface area contributed by atoms with Crippen molar-refractivity contribution in [2.75, 3.05) is 12.9 Å². The zero-order chi connectivity index (χ0) is 13.7. The fourth-order valence-electron chi connectivity index (χ4n) is 1.40. The van der Waals surface area contributed by atoms with Gasteiger partial charge in [-0.2, -0.15) is 0 Å². The molecule has 0 aliphatic rings. The first-order valence-corrected chi connectivity index (χ1v) is 7.16. The summed E-state index contributed by atoms with van der Waals surface area (Å²) in [4.78, 5) is 2.80. The lowest BCUT2D eigenvalue weighted by molar-refractivity contribution is -0.454. The van der Waals surface area contributed by atoms with Gasteiger partial charge >= 0.3 is 0 Å². The van der Waals surface area contributed by atoms with E-state index in [1.165, 1.54) is 6.38 Å². The second-order valence-electron chi connectivity index (χ2n) is 4.39. The highest BCUT2D eigenvalue weighted by molar-refractivity contribution is 6.15. The van der Waals surface area contributed by atoms with Crippen molar-refractivity contribution < 1.29 is 4.58 Å². The molecule has 0 unspecified atom stereocenters. The molecule has 0 aromatic carbocycles. The molecule has 1 N–H and O–H groups in total. The Kier molecular flexibility index (Phi) is 14.1. The minimum atomic E-state index is 0.0232. The van der Waals surface area contributed by atoms with Crippen molar-refractivity contribution in [2.24, 2.45) is 0 Å². The second kappa shape index (κ2) is 12.4. The SMILES string of the molecule is C/C=C\[N+](=CCC)CCCC(C)(C)NCl.CCl. The molecule has 17 heavy (non-hydrogen) atoms. The summed E-state index contributed by atoms with van der Waals surface area (Å²) in [5, 5.41) is 0. The Morgan fingerprint density at radius 2 is 1.88 bits per heavy atom. The van der Waals surface area contributed by atoms with Gasteiger partial charge in [0.25, 0.3) is 0 Å². The normalized spacial score (nSPS) is 12.5. The van der Waals surface area contributed by atoms with E-state index >= 15 is 0 Å². The molecule has 0 saturated heterocycles. The predicted molar refractivity (Wildman–Crippen MR) is 80.4 cm³/mol. The van der Waals surface area contributed by atoms with Gasteiger partial charge in [-0.15, -0.1) is 11.6 Å². The molecule has 0 bridgehead atoms. The van der Waals surface area contributed by atoms with E-state index in [1.54, 1.807) is 0 Å². The van der Waals surface area contributed by atoms with E-state index in [4.69, 9.17) is 11.8 Å². The number of halogens is 2. The Bertz CT molecular complexity index is 223. The Morgan fingerprint density at radius 3 is 2.29 bits per heavy atom. The van der Waals surface area contributed by atoms with Gasteiger partial charge in [-0.05, 0) is 45.0 Å². The molecule has 102 valence electrons. The number of alkyl halides is 1. The molecule has 0 aromatic heterocycles. The third kappa shape index (κ3) is 12.2. The highest BCUT2D eigenvalue weighted by Gasteiger charge is 2.16. The smallest absolute Gasteiger partial charge is 0.164 e. The molecule has 0 aromatic rings. The fraction of sp³-hybridized carbons (Fsp3) is 0.769. The number of nitrogens with zero attached hydrogens (tertiary/aromatic N) is 1. The van der Waals surface area contributed by atoms with Crippen molar-refractivity contribution in [2.45, 2.75) is 52.5 Å². The lowest BCUT2D eigenvalue weighted by Crippen LogP contribution is -2.32. The van der Waals surface area contributed by atoms with Crippen LogP contribution >= 0.6 is 23.4 Å². The summed E-state index contributed by atoms with van der Waals surface area (Å²) in [6.45, 7) is 9.48. The predicted octanol–water partition coefficient (Wildman–Crippen LogP) is 4.17. The van der Waals surface area contributed by atoms with Crippen LogP contribution in [0.4, 0.5) is 0 Å². The van der Waals surface area contributed by atoms with Gasteiger partial charge in [-0.25, -0.2) is 9.41 Å². The number of nitrogens with one attached hydrogen (secondary N) is 1. The van der Waals surface area contributed by atoms with E-state index in [2.05, 4.69) is 60.3 Å². The average molecular weight is 282 g/mol. The first-order chi connectivity index (χ1) is 8.05. The number of hydrogen-bond acceptors (Lipinski definition) is 1. The summed E-state index contributed by atoms with van der Waals surface area (Å²) in [5.41, 5.74) is 0.0232. The maximum atomic E-state index is 5.65. The maximum absolute atomic E-state index is 5.65. The van der Waals surface area contributed by atoms with Gasteiger partial charge in [0.15, 0.2) is 6.20 Å². The second-order valence-corrected chi connectivity index (χ2v) is 4.58. The molecule has 0 aliphatic carbocycles. The van der Waals surface area contributed by atoms with Crippen LogP contribution in [0.3, 0.4) is 0 Å². The van der Waals surface area contributed by atoms with E-state index in [0.29, 0.717) is 0 Å². The van der Waals surface area contributed by atoms with Crippen LogP contribution in [0.2, 0.25) is 0 Å². The van der Waals surface area contributed by atoms with Crippen molar-refractivity contribution in [1.82, 2.24) is 4.84 Å². The van der Waals surface area contributed by atoms with Crippen molar-refractivity contribution in [3.8, 4) is 0 Å². The van der Waals surface area contributed by atoms with Crippen molar-refractivity contribution in [1.29, 1.82) is 0 Å². The molecule has 0 saturated carbocycles. The molecule has 0 fully saturated rings. The minimum absolute atomic E-state index is 0.0232. The Hall–Kier alpha value is -0.0500. The zero-order valence-electron chi connectivity index (χ0n) is 11.8. The molecular weight excluding hydrogens is 255 g/mol. The summed E-state index contributed by atoms with van der Waals surface area (Å²) in [5.74, 6) is 0. The van der Waals surface area contributed by atoms with Gasteiger partial charge in [-0.3, -0.25) is 0 Å². The maximum Gasteiger partial charge on any atom is 0.164 e. The van der Waals surface area contributed by atoms with Crippen molar-refractivity contribution >= 4 is 29.6 Å². The fourth-order valence-corrected chi connectivity index (χ4v) is 1.50. The summed E-state index contributed by atoms with van der Waals surface area (Å²) < 4.78 is 2.24. The van der Waals surface area contributed by atoms with Crippen LogP contribution in [0.5, 0.6) is 0 Å².